The number of amides is 7. The van der Waals surface area contributed by atoms with Gasteiger partial charge in [0.2, 0.25) is 41.4 Å². The first-order chi connectivity index (χ1) is 39.8. The number of hydrogen-bond acceptors (Lipinski definition) is 17. The van der Waals surface area contributed by atoms with Gasteiger partial charge in [-0.15, -0.1) is 0 Å². The number of thiol groups is 1. The molecule has 0 saturated heterocycles. The van der Waals surface area contributed by atoms with Gasteiger partial charge in [0.15, 0.2) is 5.65 Å². The fourth-order valence-corrected chi connectivity index (χ4v) is 9.02. The lowest BCUT2D eigenvalue weighted by molar-refractivity contribution is -0.142. The number of nitrogens with one attached hydrogen (secondary N) is 7. The van der Waals surface area contributed by atoms with E-state index in [2.05, 4.69) is 64.9 Å². The van der Waals surface area contributed by atoms with E-state index in [9.17, 15) is 58.8 Å². The van der Waals surface area contributed by atoms with Crippen molar-refractivity contribution in [2.24, 2.45) is 11.7 Å². The molecule has 0 aliphatic rings. The van der Waals surface area contributed by atoms with Crippen molar-refractivity contribution in [1.29, 1.82) is 0 Å². The number of carboxylic acid groups (broad SMARTS) is 1. The average molecular weight is 1160 g/mol. The van der Waals surface area contributed by atoms with Gasteiger partial charge in [0.1, 0.15) is 77.9 Å². The van der Waals surface area contributed by atoms with Crippen LogP contribution in [0.25, 0.3) is 22.3 Å². The van der Waals surface area contributed by atoms with Crippen molar-refractivity contribution in [3.63, 3.8) is 0 Å². The van der Waals surface area contributed by atoms with Crippen LogP contribution in [0.4, 0.5) is 5.82 Å². The summed E-state index contributed by atoms with van der Waals surface area (Å²) in [6, 6.07) is 18.0. The minimum absolute atomic E-state index is 0.00502. The Morgan fingerprint density at radius 3 is 1.61 bits per heavy atom. The summed E-state index contributed by atoms with van der Waals surface area (Å²) in [6.45, 7) is 2.77. The molecular weight excluding hydrogens is 1090 g/mol. The molecule has 0 aliphatic carbocycles. The van der Waals surface area contributed by atoms with E-state index in [1.807, 2.05) is 30.3 Å². The third kappa shape index (κ3) is 18.4. The number of aromatic nitrogens is 4. The number of hydrogen-bond donors (Lipinski definition) is 14. The maximum Gasteiger partial charge on any atom is 0.326 e. The Hall–Kier alpha value is -9.30. The molecule has 15 N–H and O–H groups in total. The number of unbranched alkanes of at least 4 members (excludes halogenated alkanes) is 1. The quantitative estimate of drug-likeness (QED) is 0.0222. The molecule has 2 aromatic heterocycles. The molecule has 4 aromatic carbocycles. The van der Waals surface area contributed by atoms with Crippen molar-refractivity contribution in [2.45, 2.75) is 102 Å². The van der Waals surface area contributed by atoms with Gasteiger partial charge < -0.3 is 69.1 Å². The first kappa shape index (κ1) is 62.9. The number of aromatic hydroxyl groups is 3. The second-order valence-electron chi connectivity index (χ2n) is 19.8. The van der Waals surface area contributed by atoms with Gasteiger partial charge in [0.25, 0.3) is 0 Å². The molecule has 7 amide bonds. The van der Waals surface area contributed by atoms with Crippen LogP contribution in [0.3, 0.4) is 0 Å². The van der Waals surface area contributed by atoms with Gasteiger partial charge in [-0.1, -0.05) is 87.0 Å². The summed E-state index contributed by atoms with van der Waals surface area (Å²) in [7, 11) is 0. The average Bonchev–Trinajstić information content (AvgIpc) is 3.83. The van der Waals surface area contributed by atoms with Crippen LogP contribution >= 0.6 is 12.6 Å². The van der Waals surface area contributed by atoms with Crippen LogP contribution < -0.4 is 48.7 Å². The number of carbonyl (C=O) groups is 8. The van der Waals surface area contributed by atoms with E-state index in [4.69, 9.17) is 11.5 Å². The first-order valence-electron chi connectivity index (χ1n) is 26.7. The molecule has 0 spiro atoms. The summed E-state index contributed by atoms with van der Waals surface area (Å²) < 4.78 is 1.33. The van der Waals surface area contributed by atoms with Crippen molar-refractivity contribution < 1.29 is 58.8 Å². The van der Waals surface area contributed by atoms with Gasteiger partial charge in [-0.3, -0.25) is 33.6 Å². The number of nitrogen functional groups attached to an aromatic ring is 1. The number of nitrogens with zero attached hydrogens (tertiary/aromatic N) is 4. The third-order valence-corrected chi connectivity index (χ3v) is 13.9. The molecular formula is C57H69N13O12S. The molecule has 0 fully saturated rings. The van der Waals surface area contributed by atoms with E-state index in [-0.39, 0.29) is 73.2 Å². The highest BCUT2D eigenvalue weighted by Gasteiger charge is 2.35. The maximum atomic E-state index is 14.6. The largest absolute Gasteiger partial charge is 0.508 e. The van der Waals surface area contributed by atoms with Gasteiger partial charge in [-0.2, -0.15) is 17.7 Å². The molecule has 6 rings (SSSR count). The number of benzene rings is 4. The molecule has 0 bridgehead atoms. The van der Waals surface area contributed by atoms with Crippen LogP contribution in [0.1, 0.15) is 56.2 Å². The standard InChI is InChI=1S/C57H69N13O12S/c1-3-32(2)48(68-55(79)44(30-83)63-45(74)28-60-46(75)29-70-51-47(50(59)61-31-62-51)49(69-70)36-9-5-4-6-10-36)56(80)66-42(26-34-14-20-38(72)21-15-34)53(77)64-40(11-7-8-24-58)52(76)65-41(25-33-12-18-37(71)19-13-33)54(78)67-43(57(81)82)27-35-16-22-39(73)23-17-35/h4-6,9-10,12-23,31-32,40-44,48,71-73,83H,3,7-8,11,24-30,58H2,1-2H3,(H,60,75)(H,63,74)(H,64,77)(H,65,76)(H,66,80)(H,67,78)(H,68,79)(H,81,82)(H2,59,61,62). The molecule has 0 aliphatic heterocycles. The zero-order chi connectivity index (χ0) is 60.2. The minimum Gasteiger partial charge on any atom is -0.508 e. The van der Waals surface area contributed by atoms with E-state index < -0.39 is 96.0 Å². The van der Waals surface area contributed by atoms with Crippen molar-refractivity contribution in [2.75, 3.05) is 24.6 Å². The van der Waals surface area contributed by atoms with Crippen LogP contribution in [0.2, 0.25) is 0 Å². The van der Waals surface area contributed by atoms with E-state index in [0.29, 0.717) is 52.6 Å². The van der Waals surface area contributed by atoms with E-state index in [0.717, 1.165) is 0 Å². The molecule has 2 heterocycles. The lowest BCUT2D eigenvalue weighted by Crippen LogP contribution is -2.61. The number of anilines is 1. The normalized spacial score (nSPS) is 13.6. The Labute approximate surface area is 483 Å². The SMILES string of the molecule is CCC(C)C(NC(=O)C(CS)NC(=O)CNC(=O)Cn1nc(-c2ccccc2)c2c(N)ncnc21)C(=O)NC(Cc1ccc(O)cc1)C(=O)NC(CCCCN)C(=O)NC(Cc1ccc(O)cc1)C(=O)NC(Cc1ccc(O)cc1)C(=O)O. The van der Waals surface area contributed by atoms with Crippen LogP contribution in [0, 0.1) is 5.92 Å². The number of phenolic OH excluding ortho intramolecular Hbond substituents is 3. The zero-order valence-corrected chi connectivity index (χ0v) is 46.6. The van der Waals surface area contributed by atoms with Crippen LogP contribution in [-0.2, 0) is 64.2 Å². The summed E-state index contributed by atoms with van der Waals surface area (Å²) in [5.41, 5.74) is 14.9. The number of carboxylic acids is 1. The van der Waals surface area contributed by atoms with Gasteiger partial charge >= 0.3 is 5.97 Å². The molecule has 83 heavy (non-hydrogen) atoms. The smallest absolute Gasteiger partial charge is 0.326 e. The molecule has 25 nitrogen and oxygen atoms in total. The number of fused-ring (bicyclic) bond motifs is 1. The Bertz CT molecular complexity index is 3210. The van der Waals surface area contributed by atoms with Gasteiger partial charge in [0, 0.05) is 30.6 Å². The maximum absolute atomic E-state index is 14.6. The Morgan fingerprint density at radius 1 is 0.602 bits per heavy atom. The second kappa shape index (κ2) is 30.5. The second-order valence-corrected chi connectivity index (χ2v) is 20.1. The van der Waals surface area contributed by atoms with Gasteiger partial charge in [-0.05, 0) is 84.8 Å². The van der Waals surface area contributed by atoms with Gasteiger partial charge in [0.05, 0.1) is 11.9 Å². The van der Waals surface area contributed by atoms with E-state index in [1.54, 1.807) is 13.8 Å². The summed E-state index contributed by atoms with van der Waals surface area (Å²) in [6.07, 6.45) is 1.77. The Morgan fingerprint density at radius 2 is 1.10 bits per heavy atom. The summed E-state index contributed by atoms with van der Waals surface area (Å²) in [5, 5.41) is 63.2. The topological polar surface area (TPSA) is 397 Å². The zero-order valence-electron chi connectivity index (χ0n) is 45.7. The molecule has 7 atom stereocenters. The molecule has 7 unspecified atom stereocenters. The van der Waals surface area contributed by atoms with Crippen molar-refractivity contribution in [1.82, 2.24) is 57.0 Å². The predicted molar refractivity (Wildman–Crippen MR) is 309 cm³/mol. The molecule has 0 radical (unpaired) electrons. The van der Waals surface area contributed by atoms with Gasteiger partial charge in [-0.25, -0.2) is 19.4 Å². The summed E-state index contributed by atoms with van der Waals surface area (Å²) in [4.78, 5) is 119. The molecule has 440 valence electrons. The van der Waals surface area contributed by atoms with Crippen molar-refractivity contribution in [3.8, 4) is 28.5 Å². The van der Waals surface area contributed by atoms with Crippen LogP contribution in [0.5, 0.6) is 17.2 Å². The highest BCUT2D eigenvalue weighted by Crippen LogP contribution is 2.30. The Kier molecular flexibility index (Phi) is 23.1. The van der Waals surface area contributed by atoms with Crippen molar-refractivity contribution >= 4 is 76.8 Å². The lowest BCUT2D eigenvalue weighted by atomic mass is 9.96. The highest BCUT2D eigenvalue weighted by molar-refractivity contribution is 7.80. The predicted octanol–water partition coefficient (Wildman–Crippen LogP) is 1.13. The fraction of sp³-hybridized carbons (Fsp3) is 0.351. The first-order valence-corrected chi connectivity index (χ1v) is 27.4. The molecule has 6 aromatic rings. The number of nitrogens with two attached hydrogens (primary N) is 2. The number of phenols is 3. The lowest BCUT2D eigenvalue weighted by Gasteiger charge is -2.29. The minimum atomic E-state index is -1.48. The number of carbonyl (C=O) groups excluding carboxylic acids is 7. The number of aliphatic carboxylic acids is 1. The van der Waals surface area contributed by atoms with E-state index >= 15 is 0 Å². The van der Waals surface area contributed by atoms with Crippen molar-refractivity contribution in [3.05, 3.63) is 126 Å². The summed E-state index contributed by atoms with van der Waals surface area (Å²) >= 11 is 4.29. The fourth-order valence-electron chi connectivity index (χ4n) is 8.77. The molecule has 0 saturated carbocycles. The third-order valence-electron chi connectivity index (χ3n) is 13.6. The summed E-state index contributed by atoms with van der Waals surface area (Å²) in [5.74, 6) is -7.83. The Balaban J connectivity index is 1.16. The molecule has 26 heteroatoms. The highest BCUT2D eigenvalue weighted by atomic mass is 32.1. The van der Waals surface area contributed by atoms with Crippen LogP contribution in [0.15, 0.2) is 109 Å². The van der Waals surface area contributed by atoms with Crippen LogP contribution in [-0.4, -0.2) is 143 Å². The monoisotopic (exact) mass is 1160 g/mol. The van der Waals surface area contributed by atoms with E-state index in [1.165, 1.54) is 83.8 Å². The number of rotatable bonds is 30.